The van der Waals surface area contributed by atoms with Gasteiger partial charge in [0, 0.05) is 19.1 Å². The molecule has 4 nitrogen and oxygen atoms in total. The third kappa shape index (κ3) is 2.69. The largest absolute Gasteiger partial charge is 0.313 e. The van der Waals surface area contributed by atoms with Crippen molar-refractivity contribution in [2.24, 2.45) is 5.92 Å². The lowest BCUT2D eigenvalue weighted by molar-refractivity contribution is -0.130. The Kier molecular flexibility index (Phi) is 3.59. The highest BCUT2D eigenvalue weighted by Crippen LogP contribution is 2.15. The molecule has 4 heteroatoms. The maximum absolute atomic E-state index is 11.9. The average molecular weight is 211 g/mol. The number of hydrogen-bond acceptors (Lipinski definition) is 3. The van der Waals surface area contributed by atoms with Crippen LogP contribution in [0.3, 0.4) is 0 Å². The van der Waals surface area contributed by atoms with E-state index < -0.39 is 0 Å². The monoisotopic (exact) mass is 211 g/mol. The smallest absolute Gasteiger partial charge is 0.238 e. The van der Waals surface area contributed by atoms with Gasteiger partial charge in [0.2, 0.25) is 5.91 Å². The Labute approximate surface area is 91.4 Å². The quantitative estimate of drug-likeness (QED) is 0.699. The van der Waals surface area contributed by atoms with Crippen LogP contribution in [0.1, 0.15) is 32.6 Å². The Balaban J connectivity index is 1.80. The SMILES string of the molecule is CC1NCCC1C(=O)NN1CCCCC1. The van der Waals surface area contributed by atoms with E-state index in [0.29, 0.717) is 6.04 Å². The van der Waals surface area contributed by atoms with Gasteiger partial charge in [-0.2, -0.15) is 0 Å². The number of piperidine rings is 1. The molecule has 2 rings (SSSR count). The zero-order valence-electron chi connectivity index (χ0n) is 9.46. The van der Waals surface area contributed by atoms with Gasteiger partial charge in [-0.05, 0) is 32.7 Å². The van der Waals surface area contributed by atoms with Crippen molar-refractivity contribution >= 4 is 5.91 Å². The van der Waals surface area contributed by atoms with Crippen molar-refractivity contribution in [1.82, 2.24) is 15.8 Å². The van der Waals surface area contributed by atoms with Crippen LogP contribution < -0.4 is 10.7 Å². The van der Waals surface area contributed by atoms with Crippen LogP contribution >= 0.6 is 0 Å². The second kappa shape index (κ2) is 4.94. The molecule has 0 spiro atoms. The zero-order chi connectivity index (χ0) is 10.7. The molecule has 0 aromatic heterocycles. The maximum atomic E-state index is 11.9. The minimum Gasteiger partial charge on any atom is -0.313 e. The van der Waals surface area contributed by atoms with E-state index in [1.165, 1.54) is 19.3 Å². The molecule has 15 heavy (non-hydrogen) atoms. The van der Waals surface area contributed by atoms with Crippen LogP contribution in [0.15, 0.2) is 0 Å². The van der Waals surface area contributed by atoms with Crippen molar-refractivity contribution in [3.8, 4) is 0 Å². The summed E-state index contributed by atoms with van der Waals surface area (Å²) >= 11 is 0. The first-order valence-corrected chi connectivity index (χ1v) is 6.06. The van der Waals surface area contributed by atoms with Crippen LogP contribution in [-0.2, 0) is 4.79 Å². The summed E-state index contributed by atoms with van der Waals surface area (Å²) in [6, 6.07) is 0.329. The van der Waals surface area contributed by atoms with Gasteiger partial charge in [0.05, 0.1) is 5.92 Å². The van der Waals surface area contributed by atoms with Crippen molar-refractivity contribution in [2.75, 3.05) is 19.6 Å². The second-order valence-corrected chi connectivity index (χ2v) is 4.66. The standard InChI is InChI=1S/C11H21N3O/c1-9-10(5-6-12-9)11(15)13-14-7-3-2-4-8-14/h9-10,12H,2-8H2,1H3,(H,13,15). The van der Waals surface area contributed by atoms with Crippen LogP contribution in [0.25, 0.3) is 0 Å². The third-order valence-electron chi connectivity index (χ3n) is 3.49. The molecule has 86 valence electrons. The van der Waals surface area contributed by atoms with Crippen molar-refractivity contribution in [3.05, 3.63) is 0 Å². The molecule has 2 heterocycles. The van der Waals surface area contributed by atoms with Gasteiger partial charge in [-0.3, -0.25) is 10.2 Å². The summed E-state index contributed by atoms with van der Waals surface area (Å²) in [5, 5.41) is 5.39. The molecule has 2 atom stereocenters. The minimum absolute atomic E-state index is 0.159. The first-order chi connectivity index (χ1) is 7.27. The summed E-state index contributed by atoms with van der Waals surface area (Å²) in [4.78, 5) is 11.9. The highest BCUT2D eigenvalue weighted by Gasteiger charge is 2.30. The normalized spacial score (nSPS) is 32.9. The van der Waals surface area contributed by atoms with E-state index in [1.54, 1.807) is 0 Å². The highest BCUT2D eigenvalue weighted by atomic mass is 16.2. The third-order valence-corrected chi connectivity index (χ3v) is 3.49. The van der Waals surface area contributed by atoms with Crippen molar-refractivity contribution < 1.29 is 4.79 Å². The maximum Gasteiger partial charge on any atom is 0.238 e. The molecule has 0 saturated carbocycles. The van der Waals surface area contributed by atoms with Gasteiger partial charge in [-0.15, -0.1) is 0 Å². The van der Waals surface area contributed by atoms with Crippen LogP contribution in [0.2, 0.25) is 0 Å². The lowest BCUT2D eigenvalue weighted by Crippen LogP contribution is -2.48. The fraction of sp³-hybridized carbons (Fsp3) is 0.909. The molecule has 0 radical (unpaired) electrons. The van der Waals surface area contributed by atoms with E-state index in [2.05, 4.69) is 22.7 Å². The van der Waals surface area contributed by atoms with Crippen LogP contribution in [0.4, 0.5) is 0 Å². The van der Waals surface area contributed by atoms with Gasteiger partial charge in [0.1, 0.15) is 0 Å². The summed E-state index contributed by atoms with van der Waals surface area (Å²) in [5.74, 6) is 0.362. The number of hydrogen-bond donors (Lipinski definition) is 2. The topological polar surface area (TPSA) is 44.4 Å². The van der Waals surface area contributed by atoms with Crippen LogP contribution in [0, 0.1) is 5.92 Å². The molecule has 2 fully saturated rings. The molecule has 1 amide bonds. The lowest BCUT2D eigenvalue weighted by atomic mass is 10.0. The first kappa shape index (κ1) is 10.9. The Hall–Kier alpha value is -0.610. The molecular formula is C11H21N3O. The van der Waals surface area contributed by atoms with Gasteiger partial charge < -0.3 is 5.32 Å². The Bertz CT molecular complexity index is 226. The fourth-order valence-corrected chi connectivity index (χ4v) is 2.46. The van der Waals surface area contributed by atoms with E-state index >= 15 is 0 Å². The van der Waals surface area contributed by atoms with Gasteiger partial charge in [0.15, 0.2) is 0 Å². The molecular weight excluding hydrogens is 190 g/mol. The molecule has 2 N–H and O–H groups in total. The van der Waals surface area contributed by atoms with E-state index in [4.69, 9.17) is 0 Å². The number of nitrogens with one attached hydrogen (secondary N) is 2. The Morgan fingerprint density at radius 2 is 2.07 bits per heavy atom. The van der Waals surface area contributed by atoms with Crippen LogP contribution in [0.5, 0.6) is 0 Å². The Morgan fingerprint density at radius 3 is 2.67 bits per heavy atom. The number of nitrogens with zero attached hydrogens (tertiary/aromatic N) is 1. The molecule has 0 bridgehead atoms. The predicted molar refractivity (Wildman–Crippen MR) is 59.1 cm³/mol. The van der Waals surface area contributed by atoms with E-state index in [1.807, 2.05) is 0 Å². The Morgan fingerprint density at radius 1 is 1.33 bits per heavy atom. The van der Waals surface area contributed by atoms with Crippen molar-refractivity contribution in [3.63, 3.8) is 0 Å². The van der Waals surface area contributed by atoms with Gasteiger partial charge in [-0.25, -0.2) is 5.01 Å². The molecule has 2 aliphatic rings. The number of carbonyl (C=O) groups excluding carboxylic acids is 1. The first-order valence-electron chi connectivity index (χ1n) is 6.06. The molecule has 2 saturated heterocycles. The van der Waals surface area contributed by atoms with Crippen molar-refractivity contribution in [1.29, 1.82) is 0 Å². The van der Waals surface area contributed by atoms with Gasteiger partial charge in [0.25, 0.3) is 0 Å². The van der Waals surface area contributed by atoms with Crippen molar-refractivity contribution in [2.45, 2.75) is 38.6 Å². The van der Waals surface area contributed by atoms with Gasteiger partial charge >= 0.3 is 0 Å². The number of rotatable bonds is 2. The minimum atomic E-state index is 0.159. The molecule has 0 aromatic rings. The molecule has 2 aliphatic heterocycles. The lowest BCUT2D eigenvalue weighted by Gasteiger charge is -2.28. The summed E-state index contributed by atoms with van der Waals surface area (Å²) in [5.41, 5.74) is 3.05. The van der Waals surface area contributed by atoms with E-state index in [-0.39, 0.29) is 11.8 Å². The predicted octanol–water partition coefficient (Wildman–Crippen LogP) is 0.501. The molecule has 0 aliphatic carbocycles. The van der Waals surface area contributed by atoms with E-state index in [0.717, 1.165) is 26.1 Å². The number of amides is 1. The summed E-state index contributed by atoms with van der Waals surface area (Å²) in [6.07, 6.45) is 4.69. The molecule has 2 unspecified atom stereocenters. The summed E-state index contributed by atoms with van der Waals surface area (Å²) in [6.45, 7) is 5.09. The highest BCUT2D eigenvalue weighted by molar-refractivity contribution is 5.79. The van der Waals surface area contributed by atoms with Crippen LogP contribution in [-0.4, -0.2) is 36.6 Å². The fourth-order valence-electron chi connectivity index (χ4n) is 2.46. The number of hydrazine groups is 1. The average Bonchev–Trinajstić information content (AvgIpc) is 2.66. The van der Waals surface area contributed by atoms with Gasteiger partial charge in [-0.1, -0.05) is 6.42 Å². The summed E-state index contributed by atoms with van der Waals surface area (Å²) in [7, 11) is 0. The molecule has 0 aromatic carbocycles. The van der Waals surface area contributed by atoms with E-state index in [9.17, 15) is 4.79 Å². The zero-order valence-corrected chi connectivity index (χ0v) is 9.46. The second-order valence-electron chi connectivity index (χ2n) is 4.66. The number of carbonyl (C=O) groups is 1. The summed E-state index contributed by atoms with van der Waals surface area (Å²) < 4.78 is 0.